The normalized spacial score (nSPS) is 12.3. The molecule has 0 radical (unpaired) electrons. The average molecular weight is 402 g/mol. The number of oxime groups is 1. The Balaban J connectivity index is 1.86. The van der Waals surface area contributed by atoms with Crippen LogP contribution in [0.15, 0.2) is 64.6 Å². The molecule has 0 saturated heterocycles. The average Bonchev–Trinajstić information content (AvgIpc) is 2.74. The van der Waals surface area contributed by atoms with Crippen LogP contribution in [0.3, 0.4) is 0 Å². The molecular formula is C22H27NO4S. The van der Waals surface area contributed by atoms with Crippen LogP contribution in [0, 0.1) is 5.92 Å². The highest BCUT2D eigenvalue weighted by Crippen LogP contribution is 2.19. The molecule has 28 heavy (non-hydrogen) atoms. The summed E-state index contributed by atoms with van der Waals surface area (Å²) in [6, 6.07) is 18.0. The van der Waals surface area contributed by atoms with Gasteiger partial charge < -0.3 is 14.3 Å². The Hall–Kier alpha value is -2.47. The Labute approximate surface area is 171 Å². The minimum atomic E-state index is -0.467. The maximum Gasteiger partial charge on any atom is 0.314 e. The first-order chi connectivity index (χ1) is 13.6. The van der Waals surface area contributed by atoms with Crippen molar-refractivity contribution in [2.24, 2.45) is 11.1 Å². The molecular weight excluding hydrogens is 374 g/mol. The van der Waals surface area contributed by atoms with Crippen LogP contribution in [0.25, 0.3) is 0 Å². The van der Waals surface area contributed by atoms with E-state index < -0.39 is 5.92 Å². The SMILES string of the molecule is CCON=C(C)C(Cc1ccc(OCCSc2ccccc2)cc1)C(=O)OC. The molecule has 0 aliphatic rings. The Morgan fingerprint density at radius 3 is 2.46 bits per heavy atom. The van der Waals surface area contributed by atoms with Crippen molar-refractivity contribution in [1.29, 1.82) is 0 Å². The lowest BCUT2D eigenvalue weighted by molar-refractivity contribution is -0.143. The monoisotopic (exact) mass is 401 g/mol. The van der Waals surface area contributed by atoms with Crippen molar-refractivity contribution in [3.8, 4) is 5.75 Å². The zero-order chi connectivity index (χ0) is 20.2. The molecule has 0 fully saturated rings. The molecule has 2 aromatic carbocycles. The van der Waals surface area contributed by atoms with Crippen molar-refractivity contribution in [1.82, 2.24) is 0 Å². The molecule has 0 bridgehead atoms. The highest BCUT2D eigenvalue weighted by Gasteiger charge is 2.23. The summed E-state index contributed by atoms with van der Waals surface area (Å²) in [5.74, 6) is 0.903. The van der Waals surface area contributed by atoms with Crippen LogP contribution in [0.4, 0.5) is 0 Å². The molecule has 2 aromatic rings. The molecule has 0 saturated carbocycles. The molecule has 0 aliphatic heterocycles. The maximum atomic E-state index is 12.1. The molecule has 0 heterocycles. The van der Waals surface area contributed by atoms with Gasteiger partial charge in [0, 0.05) is 10.6 Å². The Bertz CT molecular complexity index is 747. The summed E-state index contributed by atoms with van der Waals surface area (Å²) in [6.45, 7) is 4.71. The fourth-order valence-corrected chi connectivity index (χ4v) is 3.32. The molecule has 0 N–H and O–H groups in total. The number of thioether (sulfide) groups is 1. The third-order valence-corrected chi connectivity index (χ3v) is 5.03. The summed E-state index contributed by atoms with van der Waals surface area (Å²) in [5, 5.41) is 3.99. The van der Waals surface area contributed by atoms with Crippen LogP contribution < -0.4 is 4.74 Å². The number of carbonyl (C=O) groups excluding carboxylic acids is 1. The van der Waals surface area contributed by atoms with Gasteiger partial charge in [0.1, 0.15) is 18.3 Å². The van der Waals surface area contributed by atoms with Gasteiger partial charge in [-0.15, -0.1) is 11.8 Å². The number of ether oxygens (including phenoxy) is 2. The summed E-state index contributed by atoms with van der Waals surface area (Å²) in [7, 11) is 1.38. The van der Waals surface area contributed by atoms with E-state index in [2.05, 4.69) is 17.3 Å². The number of benzene rings is 2. The molecule has 1 atom stereocenters. The molecule has 6 heteroatoms. The summed E-state index contributed by atoms with van der Waals surface area (Å²) in [5.41, 5.74) is 1.61. The van der Waals surface area contributed by atoms with Gasteiger partial charge in [-0.2, -0.15) is 0 Å². The Morgan fingerprint density at radius 2 is 1.82 bits per heavy atom. The summed E-state index contributed by atoms with van der Waals surface area (Å²) < 4.78 is 10.7. The van der Waals surface area contributed by atoms with Gasteiger partial charge in [0.2, 0.25) is 0 Å². The van der Waals surface area contributed by atoms with Gasteiger partial charge in [-0.3, -0.25) is 4.79 Å². The number of methoxy groups -OCH3 is 1. The lowest BCUT2D eigenvalue weighted by Crippen LogP contribution is -2.26. The number of carbonyl (C=O) groups is 1. The molecule has 1 unspecified atom stereocenters. The van der Waals surface area contributed by atoms with E-state index in [0.717, 1.165) is 17.1 Å². The maximum absolute atomic E-state index is 12.1. The second-order valence-corrected chi connectivity index (χ2v) is 7.25. The van der Waals surface area contributed by atoms with E-state index in [-0.39, 0.29) is 5.97 Å². The zero-order valence-corrected chi connectivity index (χ0v) is 17.4. The van der Waals surface area contributed by atoms with Gasteiger partial charge in [0.05, 0.1) is 19.4 Å². The Morgan fingerprint density at radius 1 is 1.11 bits per heavy atom. The molecule has 5 nitrogen and oxygen atoms in total. The van der Waals surface area contributed by atoms with Crippen LogP contribution in [0.1, 0.15) is 19.4 Å². The fourth-order valence-electron chi connectivity index (χ4n) is 2.57. The summed E-state index contributed by atoms with van der Waals surface area (Å²) >= 11 is 1.77. The number of nitrogens with zero attached hydrogens (tertiary/aromatic N) is 1. The second-order valence-electron chi connectivity index (χ2n) is 6.08. The minimum absolute atomic E-state index is 0.320. The third kappa shape index (κ3) is 7.27. The van der Waals surface area contributed by atoms with E-state index >= 15 is 0 Å². The quantitative estimate of drug-likeness (QED) is 0.181. The first kappa shape index (κ1) is 21.8. The minimum Gasteiger partial charge on any atom is -0.493 e. The van der Waals surface area contributed by atoms with Crippen molar-refractivity contribution >= 4 is 23.4 Å². The highest BCUT2D eigenvalue weighted by atomic mass is 32.2. The number of esters is 1. The van der Waals surface area contributed by atoms with E-state index in [1.807, 2.05) is 49.4 Å². The van der Waals surface area contributed by atoms with Gasteiger partial charge in [0.25, 0.3) is 0 Å². The lowest BCUT2D eigenvalue weighted by atomic mass is 9.95. The van der Waals surface area contributed by atoms with Crippen molar-refractivity contribution in [3.05, 3.63) is 60.2 Å². The molecule has 0 spiro atoms. The van der Waals surface area contributed by atoms with Crippen LogP contribution in [-0.2, 0) is 20.8 Å². The van der Waals surface area contributed by atoms with Crippen LogP contribution in [0.5, 0.6) is 5.75 Å². The predicted molar refractivity (Wildman–Crippen MR) is 113 cm³/mol. The fraction of sp³-hybridized carbons (Fsp3) is 0.364. The molecule has 0 aromatic heterocycles. The van der Waals surface area contributed by atoms with Crippen LogP contribution in [-0.4, -0.2) is 37.8 Å². The van der Waals surface area contributed by atoms with Gasteiger partial charge in [0.15, 0.2) is 0 Å². The van der Waals surface area contributed by atoms with Crippen molar-refractivity contribution < 1.29 is 19.1 Å². The standard InChI is InChI=1S/C22H27NO4S/c1-4-27-23-17(2)21(22(24)25-3)16-18-10-12-19(13-11-18)26-14-15-28-20-8-6-5-7-9-20/h5-13,21H,4,14-16H2,1-3H3. The van der Waals surface area contributed by atoms with Gasteiger partial charge in [-0.1, -0.05) is 35.5 Å². The van der Waals surface area contributed by atoms with Crippen molar-refractivity contribution in [2.45, 2.75) is 25.2 Å². The van der Waals surface area contributed by atoms with Gasteiger partial charge in [-0.05, 0) is 50.1 Å². The topological polar surface area (TPSA) is 57.1 Å². The first-order valence-electron chi connectivity index (χ1n) is 9.28. The number of hydrogen-bond donors (Lipinski definition) is 0. The van der Waals surface area contributed by atoms with E-state index in [1.165, 1.54) is 12.0 Å². The van der Waals surface area contributed by atoms with E-state index in [0.29, 0.717) is 25.3 Å². The third-order valence-electron chi connectivity index (χ3n) is 4.05. The molecule has 150 valence electrons. The molecule has 0 aliphatic carbocycles. The summed E-state index contributed by atoms with van der Waals surface area (Å²) in [6.07, 6.45) is 0.499. The second kappa shape index (κ2) is 12.1. The van der Waals surface area contributed by atoms with E-state index in [9.17, 15) is 4.79 Å². The largest absolute Gasteiger partial charge is 0.493 e. The van der Waals surface area contributed by atoms with Crippen LogP contribution in [0.2, 0.25) is 0 Å². The number of rotatable bonds is 11. The number of hydrogen-bond acceptors (Lipinski definition) is 6. The smallest absolute Gasteiger partial charge is 0.314 e. The first-order valence-corrected chi connectivity index (χ1v) is 10.3. The van der Waals surface area contributed by atoms with Crippen molar-refractivity contribution in [3.63, 3.8) is 0 Å². The van der Waals surface area contributed by atoms with Gasteiger partial charge >= 0.3 is 5.97 Å². The van der Waals surface area contributed by atoms with Crippen LogP contribution >= 0.6 is 11.8 Å². The van der Waals surface area contributed by atoms with Gasteiger partial charge in [-0.25, -0.2) is 0 Å². The van der Waals surface area contributed by atoms with Crippen molar-refractivity contribution in [2.75, 3.05) is 26.1 Å². The predicted octanol–water partition coefficient (Wildman–Crippen LogP) is 4.60. The molecule has 2 rings (SSSR count). The molecule has 0 amide bonds. The lowest BCUT2D eigenvalue weighted by Gasteiger charge is -2.14. The Kier molecular flexibility index (Phi) is 9.42. The highest BCUT2D eigenvalue weighted by molar-refractivity contribution is 7.99. The van der Waals surface area contributed by atoms with E-state index in [4.69, 9.17) is 14.3 Å². The van der Waals surface area contributed by atoms with E-state index in [1.54, 1.807) is 18.7 Å². The zero-order valence-electron chi connectivity index (χ0n) is 16.6. The summed E-state index contributed by atoms with van der Waals surface area (Å²) in [4.78, 5) is 18.4.